The molecule has 23 heavy (non-hydrogen) atoms. The lowest BCUT2D eigenvalue weighted by Crippen LogP contribution is -2.48. The molecule has 126 valence electrons. The maximum atomic E-state index is 12.2. The number of carbonyl (C=O) groups excluding carboxylic acids is 1. The Balaban J connectivity index is 1.87. The molecular weight excluding hydrogens is 298 g/mol. The smallest absolute Gasteiger partial charge is 0.306 e. The van der Waals surface area contributed by atoms with Gasteiger partial charge in [-0.1, -0.05) is 13.0 Å². The topological polar surface area (TPSA) is 84.9 Å². The number of methoxy groups -OCH3 is 2. The first kappa shape index (κ1) is 17.1. The molecule has 1 atom stereocenters. The number of aliphatic carboxylic acids is 1. The van der Waals surface area contributed by atoms with Crippen LogP contribution in [-0.2, 0) is 16.0 Å². The Morgan fingerprint density at radius 1 is 1.26 bits per heavy atom. The van der Waals surface area contributed by atoms with Crippen molar-refractivity contribution in [2.45, 2.75) is 32.2 Å². The van der Waals surface area contributed by atoms with Crippen molar-refractivity contribution >= 4 is 11.9 Å². The Kier molecular flexibility index (Phi) is 5.47. The third kappa shape index (κ3) is 4.15. The Morgan fingerprint density at radius 3 is 2.48 bits per heavy atom. The lowest BCUT2D eigenvalue weighted by atomic mass is 9.80. The van der Waals surface area contributed by atoms with Crippen LogP contribution in [0.3, 0.4) is 0 Å². The summed E-state index contributed by atoms with van der Waals surface area (Å²) in [7, 11) is 3.16. The van der Waals surface area contributed by atoms with Gasteiger partial charge >= 0.3 is 5.97 Å². The summed E-state index contributed by atoms with van der Waals surface area (Å²) in [5.41, 5.74) is 0.988. The second kappa shape index (κ2) is 7.35. The molecule has 0 bridgehead atoms. The van der Waals surface area contributed by atoms with E-state index in [1.165, 1.54) is 0 Å². The van der Waals surface area contributed by atoms with E-state index in [4.69, 9.17) is 14.6 Å². The quantitative estimate of drug-likeness (QED) is 0.801. The van der Waals surface area contributed by atoms with Crippen LogP contribution in [-0.4, -0.2) is 37.2 Å². The molecule has 6 nitrogen and oxygen atoms in total. The number of benzene rings is 1. The number of hydrogen-bond acceptors (Lipinski definition) is 4. The summed E-state index contributed by atoms with van der Waals surface area (Å²) in [5, 5.41) is 11.8. The molecule has 0 spiro atoms. The second-order valence-electron chi connectivity index (χ2n) is 6.01. The van der Waals surface area contributed by atoms with Gasteiger partial charge in [-0.05, 0) is 37.0 Å². The first-order valence-electron chi connectivity index (χ1n) is 7.68. The van der Waals surface area contributed by atoms with E-state index in [0.717, 1.165) is 5.56 Å². The van der Waals surface area contributed by atoms with Crippen molar-refractivity contribution in [1.82, 2.24) is 5.32 Å². The fraction of sp³-hybridized carbons (Fsp3) is 0.529. The number of carboxylic acids is 1. The molecule has 2 rings (SSSR count). The fourth-order valence-electron chi connectivity index (χ4n) is 2.73. The highest BCUT2D eigenvalue weighted by Crippen LogP contribution is 2.29. The summed E-state index contributed by atoms with van der Waals surface area (Å²) >= 11 is 0. The van der Waals surface area contributed by atoms with Crippen molar-refractivity contribution < 1.29 is 24.2 Å². The molecule has 0 aliphatic heterocycles. The van der Waals surface area contributed by atoms with E-state index in [1.54, 1.807) is 14.2 Å². The van der Waals surface area contributed by atoms with E-state index in [2.05, 4.69) is 5.32 Å². The highest BCUT2D eigenvalue weighted by atomic mass is 16.5. The lowest BCUT2D eigenvalue weighted by Gasteiger charge is -2.33. The summed E-state index contributed by atoms with van der Waals surface area (Å²) < 4.78 is 10.5. The van der Waals surface area contributed by atoms with Gasteiger partial charge in [-0.3, -0.25) is 9.59 Å². The monoisotopic (exact) mass is 321 g/mol. The van der Waals surface area contributed by atoms with Crippen LogP contribution < -0.4 is 14.8 Å². The van der Waals surface area contributed by atoms with Gasteiger partial charge in [0.25, 0.3) is 0 Å². The second-order valence-corrected chi connectivity index (χ2v) is 6.01. The molecule has 0 heterocycles. The zero-order chi connectivity index (χ0) is 17.0. The molecule has 0 saturated heterocycles. The van der Waals surface area contributed by atoms with Crippen LogP contribution in [0, 0.1) is 11.8 Å². The molecule has 1 unspecified atom stereocenters. The lowest BCUT2D eigenvalue weighted by molar-refractivity contribution is -0.146. The summed E-state index contributed by atoms with van der Waals surface area (Å²) in [4.78, 5) is 23.0. The van der Waals surface area contributed by atoms with Crippen molar-refractivity contribution in [2.75, 3.05) is 14.2 Å². The van der Waals surface area contributed by atoms with Crippen LogP contribution in [0.15, 0.2) is 18.2 Å². The van der Waals surface area contributed by atoms with Gasteiger partial charge in [-0.2, -0.15) is 0 Å². The first-order chi connectivity index (χ1) is 10.9. The van der Waals surface area contributed by atoms with E-state index < -0.39 is 5.97 Å². The predicted octanol–water partition coefficient (Wildman–Crippen LogP) is 1.86. The van der Waals surface area contributed by atoms with Crippen molar-refractivity contribution in [3.8, 4) is 11.5 Å². The van der Waals surface area contributed by atoms with Gasteiger partial charge < -0.3 is 19.9 Å². The van der Waals surface area contributed by atoms with Crippen molar-refractivity contribution in [3.05, 3.63) is 23.8 Å². The maximum Gasteiger partial charge on any atom is 0.306 e. The van der Waals surface area contributed by atoms with E-state index in [1.807, 2.05) is 25.1 Å². The molecule has 1 aliphatic rings. The Hall–Kier alpha value is -2.24. The summed E-state index contributed by atoms with van der Waals surface area (Å²) in [6.45, 7) is 1.86. The Morgan fingerprint density at radius 2 is 1.91 bits per heavy atom. The molecule has 6 heteroatoms. The zero-order valence-electron chi connectivity index (χ0n) is 13.7. The van der Waals surface area contributed by atoms with Crippen molar-refractivity contribution in [2.24, 2.45) is 11.8 Å². The van der Waals surface area contributed by atoms with Crippen molar-refractivity contribution in [3.63, 3.8) is 0 Å². The van der Waals surface area contributed by atoms with E-state index in [9.17, 15) is 9.59 Å². The average molecular weight is 321 g/mol. The zero-order valence-corrected chi connectivity index (χ0v) is 13.7. The number of carboxylic acid groups (broad SMARTS) is 1. The SMILES string of the molecule is COc1ccc(CC(C)C(=O)NC2CC(C(=O)O)C2)cc1OC. The summed E-state index contributed by atoms with van der Waals surface area (Å²) in [5.74, 6) is -0.0515. The van der Waals surface area contributed by atoms with Gasteiger partial charge in [-0.25, -0.2) is 0 Å². The van der Waals surface area contributed by atoms with Crippen LogP contribution in [0.4, 0.5) is 0 Å². The molecule has 1 saturated carbocycles. The van der Waals surface area contributed by atoms with Crippen molar-refractivity contribution in [1.29, 1.82) is 0 Å². The number of ether oxygens (including phenoxy) is 2. The minimum Gasteiger partial charge on any atom is -0.493 e. The van der Waals surface area contributed by atoms with Crippen LogP contribution in [0.5, 0.6) is 11.5 Å². The van der Waals surface area contributed by atoms with Gasteiger partial charge in [-0.15, -0.1) is 0 Å². The van der Waals surface area contributed by atoms with Crippen LogP contribution in [0.1, 0.15) is 25.3 Å². The van der Waals surface area contributed by atoms with Gasteiger partial charge in [0.15, 0.2) is 11.5 Å². The molecule has 1 aliphatic carbocycles. The normalized spacial score (nSPS) is 21.0. The third-order valence-corrected chi connectivity index (χ3v) is 4.27. The van der Waals surface area contributed by atoms with Gasteiger partial charge in [0.05, 0.1) is 20.1 Å². The molecular formula is C17H23NO5. The minimum absolute atomic E-state index is 0.0172. The molecule has 0 radical (unpaired) electrons. The highest BCUT2D eigenvalue weighted by molar-refractivity contribution is 5.79. The molecule has 1 amide bonds. The van der Waals surface area contributed by atoms with Gasteiger partial charge in [0.1, 0.15) is 0 Å². The summed E-state index contributed by atoms with van der Waals surface area (Å²) in [6, 6.07) is 5.58. The third-order valence-electron chi connectivity index (χ3n) is 4.27. The summed E-state index contributed by atoms with van der Waals surface area (Å²) in [6.07, 6.45) is 1.62. The van der Waals surface area contributed by atoms with Crippen LogP contribution in [0.25, 0.3) is 0 Å². The minimum atomic E-state index is -0.783. The van der Waals surface area contributed by atoms with Gasteiger partial charge in [0.2, 0.25) is 5.91 Å². The van der Waals surface area contributed by atoms with E-state index in [-0.39, 0.29) is 23.8 Å². The average Bonchev–Trinajstić information content (AvgIpc) is 2.49. The number of amides is 1. The van der Waals surface area contributed by atoms with Crippen LogP contribution >= 0.6 is 0 Å². The largest absolute Gasteiger partial charge is 0.493 e. The number of nitrogens with one attached hydrogen (secondary N) is 1. The van der Waals surface area contributed by atoms with Gasteiger partial charge in [0, 0.05) is 12.0 Å². The standard InChI is InChI=1S/C17H23NO5/c1-10(16(19)18-13-8-12(9-13)17(20)21)6-11-4-5-14(22-2)15(7-11)23-3/h4-5,7,10,12-13H,6,8-9H2,1-3H3,(H,18,19)(H,20,21). The van der Waals surface area contributed by atoms with E-state index in [0.29, 0.717) is 30.8 Å². The molecule has 2 N–H and O–H groups in total. The Labute approximate surface area is 135 Å². The predicted molar refractivity (Wildman–Crippen MR) is 84.7 cm³/mol. The number of rotatable bonds is 7. The van der Waals surface area contributed by atoms with Crippen LogP contribution in [0.2, 0.25) is 0 Å². The highest BCUT2D eigenvalue weighted by Gasteiger charge is 2.35. The molecule has 1 aromatic rings. The number of hydrogen-bond donors (Lipinski definition) is 2. The fourth-order valence-corrected chi connectivity index (χ4v) is 2.73. The molecule has 0 aromatic heterocycles. The van der Waals surface area contributed by atoms with E-state index >= 15 is 0 Å². The molecule has 1 aromatic carbocycles. The maximum absolute atomic E-state index is 12.2. The number of carbonyl (C=O) groups is 2. The molecule has 1 fully saturated rings. The Bertz CT molecular complexity index is 580. The first-order valence-corrected chi connectivity index (χ1v) is 7.68.